The van der Waals surface area contributed by atoms with E-state index in [0.717, 1.165) is 16.6 Å². The summed E-state index contributed by atoms with van der Waals surface area (Å²) in [6.45, 7) is 0. The monoisotopic (exact) mass is 507 g/mol. The smallest absolute Gasteiger partial charge is 0.225 e. The molecule has 0 bridgehead atoms. The zero-order valence-corrected chi connectivity index (χ0v) is 20.2. The second-order valence-electron chi connectivity index (χ2n) is 7.64. The molecule has 9 heteroatoms. The van der Waals surface area contributed by atoms with Crippen LogP contribution in [-0.4, -0.2) is 33.5 Å². The lowest BCUT2D eigenvalue weighted by Gasteiger charge is -2.14. The molecule has 3 aromatic carbocycles. The molecule has 2 amide bonds. The number of anilines is 4. The Morgan fingerprint density at radius 2 is 1.34 bits per heavy atom. The molecule has 3 N–H and O–H groups in total. The van der Waals surface area contributed by atoms with Crippen LogP contribution in [-0.2, 0) is 9.59 Å². The van der Waals surface area contributed by atoms with Crippen LogP contribution in [0.1, 0.15) is 12.8 Å². The molecular formula is C26H23Cl2N5O2. The number of para-hydroxylation sites is 2. The second kappa shape index (κ2) is 11.6. The molecule has 1 heterocycles. The number of carbonyl (C=O) groups is 2. The minimum atomic E-state index is -0.176. The summed E-state index contributed by atoms with van der Waals surface area (Å²) in [5, 5.41) is 9.90. The first-order valence-corrected chi connectivity index (χ1v) is 12.1. The number of benzene rings is 3. The SMILES string of the molecule is O=C(CCCl)Nc1ccc(Nc2nc(-c3ccccc3NC(=O)CCCl)nc3ccccc23)cc1. The van der Waals surface area contributed by atoms with Crippen LogP contribution in [0.3, 0.4) is 0 Å². The van der Waals surface area contributed by atoms with Crippen LogP contribution in [0, 0.1) is 0 Å². The van der Waals surface area contributed by atoms with Gasteiger partial charge in [0.2, 0.25) is 11.8 Å². The highest BCUT2D eigenvalue weighted by molar-refractivity contribution is 6.19. The Hall–Kier alpha value is -3.68. The Morgan fingerprint density at radius 3 is 2.09 bits per heavy atom. The molecule has 0 atom stereocenters. The first kappa shape index (κ1) is 24.4. The van der Waals surface area contributed by atoms with Gasteiger partial charge in [-0.05, 0) is 48.5 Å². The van der Waals surface area contributed by atoms with Crippen LogP contribution in [0.25, 0.3) is 22.3 Å². The molecule has 0 fully saturated rings. The van der Waals surface area contributed by atoms with Gasteiger partial charge < -0.3 is 16.0 Å². The predicted molar refractivity (Wildman–Crippen MR) is 143 cm³/mol. The van der Waals surface area contributed by atoms with Gasteiger partial charge in [-0.15, -0.1) is 23.2 Å². The van der Waals surface area contributed by atoms with Gasteiger partial charge in [0.05, 0.1) is 11.2 Å². The fraction of sp³-hybridized carbons (Fsp3) is 0.154. The highest BCUT2D eigenvalue weighted by Gasteiger charge is 2.14. The summed E-state index contributed by atoms with van der Waals surface area (Å²) < 4.78 is 0. The number of amides is 2. The maximum absolute atomic E-state index is 12.2. The first-order valence-electron chi connectivity index (χ1n) is 11.0. The van der Waals surface area contributed by atoms with Crippen molar-refractivity contribution in [3.63, 3.8) is 0 Å². The largest absolute Gasteiger partial charge is 0.340 e. The number of fused-ring (bicyclic) bond motifs is 1. The number of hydrogen-bond donors (Lipinski definition) is 3. The number of rotatable bonds is 9. The van der Waals surface area contributed by atoms with E-state index in [1.807, 2.05) is 60.7 Å². The van der Waals surface area contributed by atoms with E-state index in [1.54, 1.807) is 12.1 Å². The van der Waals surface area contributed by atoms with Gasteiger partial charge in [0, 0.05) is 46.9 Å². The molecule has 4 rings (SSSR count). The maximum atomic E-state index is 12.2. The third kappa shape index (κ3) is 6.26. The number of aromatic nitrogens is 2. The van der Waals surface area contributed by atoms with Gasteiger partial charge in [-0.2, -0.15) is 0 Å². The summed E-state index contributed by atoms with van der Waals surface area (Å²) in [6, 6.07) is 22.4. The van der Waals surface area contributed by atoms with Gasteiger partial charge in [0.25, 0.3) is 0 Å². The summed E-state index contributed by atoms with van der Waals surface area (Å²) in [4.78, 5) is 33.5. The first-order chi connectivity index (χ1) is 17.1. The molecule has 35 heavy (non-hydrogen) atoms. The lowest BCUT2D eigenvalue weighted by atomic mass is 10.1. The molecule has 0 unspecified atom stereocenters. The van der Waals surface area contributed by atoms with Crippen LogP contribution < -0.4 is 16.0 Å². The van der Waals surface area contributed by atoms with Crippen molar-refractivity contribution in [1.29, 1.82) is 0 Å². The summed E-state index contributed by atoms with van der Waals surface area (Å²) >= 11 is 11.3. The maximum Gasteiger partial charge on any atom is 0.225 e. The molecule has 4 aromatic rings. The molecule has 0 spiro atoms. The Morgan fingerprint density at radius 1 is 0.714 bits per heavy atom. The van der Waals surface area contributed by atoms with E-state index < -0.39 is 0 Å². The van der Waals surface area contributed by atoms with Crippen molar-refractivity contribution in [3.8, 4) is 11.4 Å². The van der Waals surface area contributed by atoms with Gasteiger partial charge >= 0.3 is 0 Å². The topological polar surface area (TPSA) is 96.0 Å². The van der Waals surface area contributed by atoms with Crippen molar-refractivity contribution in [3.05, 3.63) is 72.8 Å². The average Bonchev–Trinajstić information content (AvgIpc) is 2.86. The molecule has 0 aliphatic rings. The summed E-state index contributed by atoms with van der Waals surface area (Å²) in [6.07, 6.45) is 0.467. The fourth-order valence-corrected chi connectivity index (χ4v) is 3.80. The zero-order chi connectivity index (χ0) is 24.6. The molecule has 1 aromatic heterocycles. The van der Waals surface area contributed by atoms with Crippen LogP contribution in [0.2, 0.25) is 0 Å². The van der Waals surface area contributed by atoms with Gasteiger partial charge in [-0.3, -0.25) is 9.59 Å². The third-order valence-corrected chi connectivity index (χ3v) is 5.50. The van der Waals surface area contributed by atoms with Gasteiger partial charge in [0.15, 0.2) is 5.82 Å². The Bertz CT molecular complexity index is 1350. The van der Waals surface area contributed by atoms with E-state index in [9.17, 15) is 9.59 Å². The highest BCUT2D eigenvalue weighted by Crippen LogP contribution is 2.31. The molecule has 178 valence electrons. The number of carbonyl (C=O) groups excluding carboxylic acids is 2. The van der Waals surface area contributed by atoms with Crippen LogP contribution in [0.4, 0.5) is 22.9 Å². The number of nitrogens with one attached hydrogen (secondary N) is 3. The zero-order valence-electron chi connectivity index (χ0n) is 18.7. The highest BCUT2D eigenvalue weighted by atomic mass is 35.5. The number of alkyl halides is 2. The van der Waals surface area contributed by atoms with Crippen LogP contribution >= 0.6 is 23.2 Å². The molecule has 0 saturated carbocycles. The Kier molecular flexibility index (Phi) is 8.13. The normalized spacial score (nSPS) is 10.7. The Balaban J connectivity index is 1.67. The summed E-state index contributed by atoms with van der Waals surface area (Å²) in [5.74, 6) is 1.29. The van der Waals surface area contributed by atoms with Gasteiger partial charge in [-0.1, -0.05) is 24.3 Å². The van der Waals surface area contributed by atoms with E-state index >= 15 is 0 Å². The van der Waals surface area contributed by atoms with E-state index in [1.165, 1.54) is 0 Å². The summed E-state index contributed by atoms with van der Waals surface area (Å²) in [5.41, 5.74) is 3.54. The minimum absolute atomic E-state index is 0.135. The standard InChI is InChI=1S/C26H23Cl2N5O2/c27-15-13-23(34)29-17-9-11-18(12-10-17)30-25-20-6-2-4-8-22(20)32-26(33-25)19-5-1-3-7-21(19)31-24(35)14-16-28/h1-12H,13-16H2,(H,29,34)(H,31,35)(H,30,32,33). The van der Waals surface area contributed by atoms with Crippen molar-refractivity contribution in [2.75, 3.05) is 27.7 Å². The number of hydrogen-bond acceptors (Lipinski definition) is 5. The van der Waals surface area contributed by atoms with Crippen molar-refractivity contribution in [2.24, 2.45) is 0 Å². The molecule has 0 aliphatic carbocycles. The van der Waals surface area contributed by atoms with Gasteiger partial charge in [-0.25, -0.2) is 9.97 Å². The van der Waals surface area contributed by atoms with Crippen molar-refractivity contribution >= 4 is 68.8 Å². The van der Waals surface area contributed by atoms with Crippen LogP contribution in [0.15, 0.2) is 72.8 Å². The second-order valence-corrected chi connectivity index (χ2v) is 8.39. The van der Waals surface area contributed by atoms with E-state index in [4.69, 9.17) is 33.2 Å². The van der Waals surface area contributed by atoms with Gasteiger partial charge in [0.1, 0.15) is 5.82 Å². The van der Waals surface area contributed by atoms with Crippen LogP contribution in [0.5, 0.6) is 0 Å². The Labute approximate surface area is 212 Å². The fourth-order valence-electron chi connectivity index (χ4n) is 3.46. The number of nitrogens with zero attached hydrogens (tertiary/aromatic N) is 2. The molecular weight excluding hydrogens is 485 g/mol. The molecule has 0 saturated heterocycles. The molecule has 0 aliphatic heterocycles. The third-order valence-electron chi connectivity index (χ3n) is 5.12. The van der Waals surface area contributed by atoms with Crippen molar-refractivity contribution in [2.45, 2.75) is 12.8 Å². The summed E-state index contributed by atoms with van der Waals surface area (Å²) in [7, 11) is 0. The van der Waals surface area contributed by atoms with E-state index in [0.29, 0.717) is 28.6 Å². The quantitative estimate of drug-likeness (QED) is 0.235. The lowest BCUT2D eigenvalue weighted by molar-refractivity contribution is -0.116. The average molecular weight is 508 g/mol. The predicted octanol–water partition coefficient (Wildman–Crippen LogP) is 6.18. The van der Waals surface area contributed by atoms with E-state index in [2.05, 4.69) is 16.0 Å². The van der Waals surface area contributed by atoms with E-state index in [-0.39, 0.29) is 36.4 Å². The van der Waals surface area contributed by atoms with Crippen molar-refractivity contribution in [1.82, 2.24) is 9.97 Å². The lowest BCUT2D eigenvalue weighted by Crippen LogP contribution is -2.12. The molecule has 7 nitrogen and oxygen atoms in total. The molecule has 0 radical (unpaired) electrons. The van der Waals surface area contributed by atoms with Crippen molar-refractivity contribution < 1.29 is 9.59 Å². The minimum Gasteiger partial charge on any atom is -0.340 e. The number of halogens is 2.